The number of fused-ring (bicyclic) bond motifs is 1. The van der Waals surface area contributed by atoms with E-state index in [1.807, 2.05) is 48.5 Å². The van der Waals surface area contributed by atoms with Crippen LogP contribution in [0.3, 0.4) is 0 Å². The highest BCUT2D eigenvalue weighted by Crippen LogP contribution is 2.31. The zero-order valence-corrected chi connectivity index (χ0v) is 14.5. The highest BCUT2D eigenvalue weighted by molar-refractivity contribution is 5.98. The van der Waals surface area contributed by atoms with Crippen LogP contribution in [0.1, 0.15) is 18.4 Å². The van der Waals surface area contributed by atoms with Gasteiger partial charge >= 0.3 is 0 Å². The largest absolute Gasteiger partial charge is 0.370 e. The SMILES string of the molecule is O=C(Cc1cccc2ccccc12)Nc1c(F)cccc1N1CCCC1. The molecular formula is C22H21FN2O. The van der Waals surface area contributed by atoms with Crippen molar-refractivity contribution in [1.82, 2.24) is 0 Å². The highest BCUT2D eigenvalue weighted by Gasteiger charge is 2.19. The number of halogens is 1. The lowest BCUT2D eigenvalue weighted by atomic mass is 10.0. The Kier molecular flexibility index (Phi) is 4.57. The van der Waals surface area contributed by atoms with E-state index in [0.717, 1.165) is 48.0 Å². The van der Waals surface area contributed by atoms with Crippen LogP contribution in [-0.2, 0) is 11.2 Å². The van der Waals surface area contributed by atoms with E-state index in [0.29, 0.717) is 5.69 Å². The number of amides is 1. The normalized spacial score (nSPS) is 14.0. The van der Waals surface area contributed by atoms with E-state index < -0.39 is 0 Å². The molecule has 0 aromatic heterocycles. The summed E-state index contributed by atoms with van der Waals surface area (Å²) in [6.45, 7) is 1.80. The molecule has 26 heavy (non-hydrogen) atoms. The van der Waals surface area contributed by atoms with E-state index in [2.05, 4.69) is 10.2 Å². The number of nitrogens with zero attached hydrogens (tertiary/aromatic N) is 1. The fourth-order valence-corrected chi connectivity index (χ4v) is 3.66. The first kappa shape index (κ1) is 16.6. The fraction of sp³-hybridized carbons (Fsp3) is 0.227. The molecule has 1 heterocycles. The predicted octanol–water partition coefficient (Wildman–Crippen LogP) is 4.76. The Morgan fingerprint density at radius 2 is 1.69 bits per heavy atom. The Bertz CT molecular complexity index is 943. The van der Waals surface area contributed by atoms with Gasteiger partial charge in [0, 0.05) is 13.1 Å². The fourth-order valence-electron chi connectivity index (χ4n) is 3.66. The molecule has 0 unspecified atom stereocenters. The first-order valence-electron chi connectivity index (χ1n) is 9.02. The summed E-state index contributed by atoms with van der Waals surface area (Å²) >= 11 is 0. The van der Waals surface area contributed by atoms with Crippen LogP contribution < -0.4 is 10.2 Å². The number of carbonyl (C=O) groups excluding carboxylic acids is 1. The van der Waals surface area contributed by atoms with E-state index in [-0.39, 0.29) is 18.1 Å². The summed E-state index contributed by atoms with van der Waals surface area (Å²) in [5, 5.41) is 4.97. The molecule has 0 aliphatic carbocycles. The van der Waals surface area contributed by atoms with E-state index in [9.17, 15) is 9.18 Å². The summed E-state index contributed by atoms with van der Waals surface area (Å²) in [6, 6.07) is 18.9. The molecule has 0 saturated carbocycles. The minimum atomic E-state index is -0.388. The zero-order valence-electron chi connectivity index (χ0n) is 14.5. The van der Waals surface area contributed by atoms with Gasteiger partial charge in [-0.3, -0.25) is 4.79 Å². The van der Waals surface area contributed by atoms with E-state index >= 15 is 0 Å². The molecule has 132 valence electrons. The number of nitrogens with one attached hydrogen (secondary N) is 1. The molecule has 4 heteroatoms. The number of para-hydroxylation sites is 1. The zero-order chi connectivity index (χ0) is 17.9. The first-order valence-corrected chi connectivity index (χ1v) is 9.02. The molecule has 1 aliphatic heterocycles. The van der Waals surface area contributed by atoms with Crippen LogP contribution >= 0.6 is 0 Å². The second kappa shape index (κ2) is 7.16. The van der Waals surface area contributed by atoms with Crippen LogP contribution in [0.25, 0.3) is 10.8 Å². The Labute approximate surface area is 152 Å². The molecule has 3 aromatic rings. The van der Waals surface area contributed by atoms with Crippen LogP contribution in [0.2, 0.25) is 0 Å². The van der Waals surface area contributed by atoms with Crippen molar-refractivity contribution in [2.24, 2.45) is 0 Å². The summed E-state index contributed by atoms with van der Waals surface area (Å²) < 4.78 is 14.4. The lowest BCUT2D eigenvalue weighted by Gasteiger charge is -2.22. The third kappa shape index (κ3) is 3.27. The van der Waals surface area contributed by atoms with Gasteiger partial charge in [0.25, 0.3) is 0 Å². The van der Waals surface area contributed by atoms with Gasteiger partial charge in [-0.1, -0.05) is 48.5 Å². The van der Waals surface area contributed by atoms with Crippen LogP contribution in [0.5, 0.6) is 0 Å². The van der Waals surface area contributed by atoms with Crippen molar-refractivity contribution in [3.63, 3.8) is 0 Å². The van der Waals surface area contributed by atoms with Crippen molar-refractivity contribution in [1.29, 1.82) is 0 Å². The van der Waals surface area contributed by atoms with Gasteiger partial charge in [-0.05, 0) is 41.3 Å². The number of carbonyl (C=O) groups is 1. The molecule has 0 spiro atoms. The standard InChI is InChI=1S/C22H21FN2O/c23-19-11-6-12-20(25-13-3-4-14-25)22(19)24-21(26)15-17-9-5-8-16-7-1-2-10-18(16)17/h1-2,5-12H,3-4,13-15H2,(H,24,26). The molecule has 0 atom stereocenters. The average Bonchev–Trinajstić information content (AvgIpc) is 3.18. The van der Waals surface area contributed by atoms with Gasteiger partial charge < -0.3 is 10.2 Å². The van der Waals surface area contributed by atoms with Crippen LogP contribution in [-0.4, -0.2) is 19.0 Å². The number of rotatable bonds is 4. The van der Waals surface area contributed by atoms with Gasteiger partial charge in [0.1, 0.15) is 11.5 Å². The summed E-state index contributed by atoms with van der Waals surface area (Å²) in [6.07, 6.45) is 2.41. The van der Waals surface area contributed by atoms with Gasteiger partial charge in [0.05, 0.1) is 12.1 Å². The molecule has 0 bridgehead atoms. The number of anilines is 2. The van der Waals surface area contributed by atoms with E-state index in [1.54, 1.807) is 6.07 Å². The number of benzene rings is 3. The Morgan fingerprint density at radius 1 is 0.962 bits per heavy atom. The van der Waals surface area contributed by atoms with Crippen LogP contribution in [0.4, 0.5) is 15.8 Å². The van der Waals surface area contributed by atoms with Crippen molar-refractivity contribution >= 4 is 28.1 Å². The lowest BCUT2D eigenvalue weighted by molar-refractivity contribution is -0.115. The van der Waals surface area contributed by atoms with Gasteiger partial charge in [0.2, 0.25) is 5.91 Å². The summed E-state index contributed by atoms with van der Waals surface area (Å²) in [7, 11) is 0. The van der Waals surface area contributed by atoms with Crippen LogP contribution in [0, 0.1) is 5.82 Å². The van der Waals surface area contributed by atoms with Crippen molar-refractivity contribution in [3.8, 4) is 0 Å². The van der Waals surface area contributed by atoms with Gasteiger partial charge in [-0.2, -0.15) is 0 Å². The molecule has 1 aliphatic rings. The summed E-state index contributed by atoms with van der Waals surface area (Å²) in [4.78, 5) is 14.8. The van der Waals surface area contributed by atoms with Crippen molar-refractivity contribution < 1.29 is 9.18 Å². The van der Waals surface area contributed by atoms with E-state index in [1.165, 1.54) is 6.07 Å². The number of hydrogen-bond donors (Lipinski definition) is 1. The molecule has 1 N–H and O–H groups in total. The Hall–Kier alpha value is -2.88. The lowest BCUT2D eigenvalue weighted by Crippen LogP contribution is -2.22. The second-order valence-electron chi connectivity index (χ2n) is 6.69. The van der Waals surface area contributed by atoms with Crippen LogP contribution in [0.15, 0.2) is 60.7 Å². The second-order valence-corrected chi connectivity index (χ2v) is 6.69. The van der Waals surface area contributed by atoms with Gasteiger partial charge in [-0.25, -0.2) is 4.39 Å². The van der Waals surface area contributed by atoms with Crippen molar-refractivity contribution in [2.45, 2.75) is 19.3 Å². The van der Waals surface area contributed by atoms with Crippen molar-refractivity contribution in [3.05, 3.63) is 72.0 Å². The maximum absolute atomic E-state index is 14.4. The molecule has 1 fully saturated rings. The van der Waals surface area contributed by atoms with Crippen molar-refractivity contribution in [2.75, 3.05) is 23.3 Å². The maximum atomic E-state index is 14.4. The summed E-state index contributed by atoms with van der Waals surface area (Å²) in [5.74, 6) is -0.590. The van der Waals surface area contributed by atoms with Gasteiger partial charge in [0.15, 0.2) is 0 Å². The third-order valence-corrected chi connectivity index (χ3v) is 4.93. The maximum Gasteiger partial charge on any atom is 0.228 e. The predicted molar refractivity (Wildman–Crippen MR) is 104 cm³/mol. The molecule has 1 amide bonds. The average molecular weight is 348 g/mol. The monoisotopic (exact) mass is 348 g/mol. The molecule has 1 saturated heterocycles. The first-order chi connectivity index (χ1) is 12.7. The highest BCUT2D eigenvalue weighted by atomic mass is 19.1. The van der Waals surface area contributed by atoms with Gasteiger partial charge in [-0.15, -0.1) is 0 Å². The van der Waals surface area contributed by atoms with E-state index in [4.69, 9.17) is 0 Å². The Balaban J connectivity index is 1.59. The summed E-state index contributed by atoms with van der Waals surface area (Å²) in [5.41, 5.74) is 2.01. The molecule has 3 nitrogen and oxygen atoms in total. The smallest absolute Gasteiger partial charge is 0.228 e. The quantitative estimate of drug-likeness (QED) is 0.737. The minimum absolute atomic E-state index is 0.202. The third-order valence-electron chi connectivity index (χ3n) is 4.93. The molecular weight excluding hydrogens is 327 g/mol. The minimum Gasteiger partial charge on any atom is -0.370 e. The molecule has 4 rings (SSSR count). The topological polar surface area (TPSA) is 32.3 Å². The Morgan fingerprint density at radius 3 is 2.54 bits per heavy atom. The number of hydrogen-bond acceptors (Lipinski definition) is 2. The molecule has 3 aromatic carbocycles. The molecule has 0 radical (unpaired) electrons.